The summed E-state index contributed by atoms with van der Waals surface area (Å²) in [5.41, 5.74) is -0.169. The van der Waals surface area contributed by atoms with E-state index < -0.39 is 23.4 Å². The molecule has 1 aliphatic heterocycles. The predicted octanol–water partition coefficient (Wildman–Crippen LogP) is 1.93. The molecule has 0 saturated carbocycles. The number of hydrogen-bond donors (Lipinski definition) is 1. The van der Waals surface area contributed by atoms with Crippen LogP contribution in [0.1, 0.15) is 24.2 Å². The van der Waals surface area contributed by atoms with Gasteiger partial charge >= 0.3 is 0 Å². The molecule has 6 heteroatoms. The summed E-state index contributed by atoms with van der Waals surface area (Å²) in [4.78, 5) is 13.7. The molecule has 1 heterocycles. The van der Waals surface area contributed by atoms with E-state index in [1.165, 1.54) is 4.90 Å². The molecule has 1 saturated heterocycles. The number of piperazine rings is 1. The summed E-state index contributed by atoms with van der Waals surface area (Å²) in [6.07, 6.45) is 0. The van der Waals surface area contributed by atoms with Crippen molar-refractivity contribution in [2.45, 2.75) is 25.9 Å². The highest BCUT2D eigenvalue weighted by Gasteiger charge is 2.26. The zero-order valence-electron chi connectivity index (χ0n) is 10.7. The van der Waals surface area contributed by atoms with Crippen LogP contribution < -0.4 is 5.32 Å². The summed E-state index contributed by atoms with van der Waals surface area (Å²) in [6, 6.07) is 1.67. The van der Waals surface area contributed by atoms with E-state index in [9.17, 15) is 18.0 Å². The lowest BCUT2D eigenvalue weighted by molar-refractivity contribution is 0.0672. The van der Waals surface area contributed by atoms with Crippen LogP contribution in [0.15, 0.2) is 12.1 Å². The van der Waals surface area contributed by atoms with Crippen LogP contribution in [0.5, 0.6) is 0 Å². The second kappa shape index (κ2) is 5.21. The zero-order valence-corrected chi connectivity index (χ0v) is 10.7. The molecule has 2 rings (SSSR count). The first-order valence-corrected chi connectivity index (χ1v) is 6.08. The van der Waals surface area contributed by atoms with Crippen LogP contribution in [0, 0.1) is 17.5 Å². The van der Waals surface area contributed by atoms with E-state index in [1.54, 1.807) is 0 Å². The minimum atomic E-state index is -1.56. The molecular formula is C13H15F3N2O. The maximum atomic E-state index is 13.1. The number of carbonyl (C=O) groups is 1. The fourth-order valence-electron chi connectivity index (χ4n) is 2.35. The van der Waals surface area contributed by atoms with Crippen LogP contribution in [0.4, 0.5) is 13.2 Å². The van der Waals surface area contributed by atoms with E-state index in [0.29, 0.717) is 13.1 Å². The van der Waals surface area contributed by atoms with Crippen LogP contribution in [0.25, 0.3) is 0 Å². The first-order chi connectivity index (χ1) is 8.88. The Hall–Kier alpha value is -1.56. The molecule has 0 aromatic heterocycles. The summed E-state index contributed by atoms with van der Waals surface area (Å²) in [6.45, 7) is 4.73. The number of halogens is 3. The molecule has 3 nitrogen and oxygen atoms in total. The van der Waals surface area contributed by atoms with Crippen molar-refractivity contribution < 1.29 is 18.0 Å². The van der Waals surface area contributed by atoms with Gasteiger partial charge in [-0.25, -0.2) is 13.2 Å². The average Bonchev–Trinajstić information content (AvgIpc) is 2.33. The Morgan fingerprint density at radius 1 is 1.16 bits per heavy atom. The average molecular weight is 272 g/mol. The van der Waals surface area contributed by atoms with Crippen molar-refractivity contribution in [1.29, 1.82) is 0 Å². The Balaban J connectivity index is 2.24. The van der Waals surface area contributed by atoms with Gasteiger partial charge in [-0.2, -0.15) is 0 Å². The first-order valence-electron chi connectivity index (χ1n) is 6.08. The number of benzene rings is 1. The Morgan fingerprint density at radius 2 is 1.63 bits per heavy atom. The zero-order chi connectivity index (χ0) is 14.2. The maximum Gasteiger partial charge on any atom is 0.254 e. The molecule has 0 spiro atoms. The molecule has 1 aliphatic rings. The largest absolute Gasteiger partial charge is 0.336 e. The summed E-state index contributed by atoms with van der Waals surface area (Å²) in [7, 11) is 0. The minimum absolute atomic E-state index is 0.0999. The Kier molecular flexibility index (Phi) is 3.80. The van der Waals surface area contributed by atoms with Crippen molar-refractivity contribution in [1.82, 2.24) is 10.2 Å². The highest BCUT2D eigenvalue weighted by molar-refractivity contribution is 5.94. The molecule has 1 fully saturated rings. The third kappa shape index (κ3) is 2.89. The number of nitrogens with zero attached hydrogens (tertiary/aromatic N) is 1. The van der Waals surface area contributed by atoms with Gasteiger partial charge in [-0.3, -0.25) is 4.79 Å². The highest BCUT2D eigenvalue weighted by atomic mass is 19.2. The van der Waals surface area contributed by atoms with Crippen molar-refractivity contribution in [3.8, 4) is 0 Å². The molecule has 104 valence electrons. The van der Waals surface area contributed by atoms with Gasteiger partial charge < -0.3 is 10.2 Å². The van der Waals surface area contributed by atoms with Gasteiger partial charge in [-0.1, -0.05) is 0 Å². The molecule has 2 unspecified atom stereocenters. The van der Waals surface area contributed by atoms with Gasteiger partial charge in [-0.05, 0) is 26.0 Å². The van der Waals surface area contributed by atoms with Gasteiger partial charge in [0.05, 0.1) is 0 Å². The van der Waals surface area contributed by atoms with Gasteiger partial charge in [0.25, 0.3) is 5.91 Å². The van der Waals surface area contributed by atoms with E-state index >= 15 is 0 Å². The lowest BCUT2D eigenvalue weighted by Gasteiger charge is -2.36. The third-order valence-corrected chi connectivity index (χ3v) is 3.08. The number of carbonyl (C=O) groups excluding carboxylic acids is 1. The van der Waals surface area contributed by atoms with Gasteiger partial charge in [0.2, 0.25) is 0 Å². The topological polar surface area (TPSA) is 32.3 Å². The van der Waals surface area contributed by atoms with E-state index in [-0.39, 0.29) is 17.6 Å². The van der Waals surface area contributed by atoms with Gasteiger partial charge in [0.15, 0.2) is 17.5 Å². The molecule has 1 N–H and O–H groups in total. The summed E-state index contributed by atoms with van der Waals surface area (Å²) in [5.74, 6) is -4.74. The van der Waals surface area contributed by atoms with Crippen LogP contribution in [-0.4, -0.2) is 36.0 Å². The number of rotatable bonds is 1. The fourth-order valence-corrected chi connectivity index (χ4v) is 2.35. The second-order valence-corrected chi connectivity index (χ2v) is 4.93. The second-order valence-electron chi connectivity index (χ2n) is 4.93. The maximum absolute atomic E-state index is 13.1. The Labute approximate surface area is 109 Å². The Morgan fingerprint density at radius 3 is 2.11 bits per heavy atom. The van der Waals surface area contributed by atoms with E-state index in [2.05, 4.69) is 5.32 Å². The van der Waals surface area contributed by atoms with Crippen molar-refractivity contribution in [2.75, 3.05) is 13.1 Å². The summed E-state index contributed by atoms with van der Waals surface area (Å²) < 4.78 is 39.1. The summed E-state index contributed by atoms with van der Waals surface area (Å²) >= 11 is 0. The van der Waals surface area contributed by atoms with Crippen LogP contribution in [0.3, 0.4) is 0 Å². The highest BCUT2D eigenvalue weighted by Crippen LogP contribution is 2.16. The molecule has 1 aromatic carbocycles. The molecule has 0 radical (unpaired) electrons. The normalized spacial score (nSPS) is 23.5. The quantitative estimate of drug-likeness (QED) is 0.792. The van der Waals surface area contributed by atoms with E-state index in [4.69, 9.17) is 0 Å². The SMILES string of the molecule is CC1CN(C(=O)c2cc(F)c(F)c(F)c2)CC(C)N1. The third-order valence-electron chi connectivity index (χ3n) is 3.08. The Bertz CT molecular complexity index is 474. The first kappa shape index (κ1) is 13.9. The molecule has 19 heavy (non-hydrogen) atoms. The van der Waals surface area contributed by atoms with Crippen LogP contribution in [0.2, 0.25) is 0 Å². The van der Waals surface area contributed by atoms with Crippen LogP contribution >= 0.6 is 0 Å². The van der Waals surface area contributed by atoms with Gasteiger partial charge in [0, 0.05) is 30.7 Å². The number of hydrogen-bond acceptors (Lipinski definition) is 2. The molecule has 1 aromatic rings. The van der Waals surface area contributed by atoms with E-state index in [0.717, 1.165) is 12.1 Å². The van der Waals surface area contributed by atoms with Crippen molar-refractivity contribution in [3.05, 3.63) is 35.1 Å². The van der Waals surface area contributed by atoms with Gasteiger partial charge in [-0.15, -0.1) is 0 Å². The lowest BCUT2D eigenvalue weighted by Crippen LogP contribution is -2.55. The number of amides is 1. The minimum Gasteiger partial charge on any atom is -0.336 e. The summed E-state index contributed by atoms with van der Waals surface area (Å²) in [5, 5.41) is 3.25. The van der Waals surface area contributed by atoms with Crippen molar-refractivity contribution >= 4 is 5.91 Å². The standard InChI is InChI=1S/C13H15F3N2O/c1-7-5-18(6-8(2)17-7)13(19)9-3-10(14)12(16)11(15)4-9/h3-4,7-8,17H,5-6H2,1-2H3. The fraction of sp³-hybridized carbons (Fsp3) is 0.462. The van der Waals surface area contributed by atoms with Crippen molar-refractivity contribution in [3.63, 3.8) is 0 Å². The molecule has 0 bridgehead atoms. The van der Waals surface area contributed by atoms with Gasteiger partial charge in [0.1, 0.15) is 0 Å². The van der Waals surface area contributed by atoms with Crippen molar-refractivity contribution in [2.24, 2.45) is 0 Å². The van der Waals surface area contributed by atoms with Crippen LogP contribution in [-0.2, 0) is 0 Å². The predicted molar refractivity (Wildman–Crippen MR) is 64.3 cm³/mol. The molecule has 1 amide bonds. The smallest absolute Gasteiger partial charge is 0.254 e. The number of nitrogens with one attached hydrogen (secondary N) is 1. The lowest BCUT2D eigenvalue weighted by atomic mass is 10.1. The molecule has 0 aliphatic carbocycles. The van der Waals surface area contributed by atoms with E-state index in [1.807, 2.05) is 13.8 Å². The molecular weight excluding hydrogens is 257 g/mol. The molecule has 2 atom stereocenters. The monoisotopic (exact) mass is 272 g/mol.